The quantitative estimate of drug-likeness (QED) is 0.100. The summed E-state index contributed by atoms with van der Waals surface area (Å²) in [4.78, 5) is 33.6. The molecule has 4 rings (SSSR count). The number of nitrogens with zero attached hydrogens (tertiary/aromatic N) is 4. The van der Waals surface area contributed by atoms with Crippen LogP contribution in [-0.2, 0) is 31.1 Å². The first-order chi connectivity index (χ1) is 22.2. The van der Waals surface area contributed by atoms with E-state index in [1.54, 1.807) is 55.8 Å². The number of hydrogen-bond acceptors (Lipinski definition) is 10. The van der Waals surface area contributed by atoms with Gasteiger partial charge in [-0.3, -0.25) is 14.2 Å². The average Bonchev–Trinajstić information content (AvgIpc) is 3.64. The van der Waals surface area contributed by atoms with Crippen LogP contribution < -0.4 is 20.7 Å². The first kappa shape index (κ1) is 34.9. The second-order valence-electron chi connectivity index (χ2n) is 12.0. The summed E-state index contributed by atoms with van der Waals surface area (Å²) in [5, 5.41) is 9.81. The number of nitrogens with one attached hydrogen (secondary N) is 3. The number of hydrogen-bond donors (Lipinski definition) is 3. The SMILES string of the molecule is C=CC(=O)NC(/C=C\C)=C/C(=C)Oc1nc(Nc2ccc(N[C@H]3CCN(S(C)(=O)=O)C3)cc2)nc2c1ccn2COC(=O)C(C)(C)C. The summed E-state index contributed by atoms with van der Waals surface area (Å²) in [6.07, 6.45) is 9.80. The van der Waals surface area contributed by atoms with E-state index in [9.17, 15) is 18.0 Å². The molecule has 0 spiro atoms. The maximum Gasteiger partial charge on any atom is 0.312 e. The lowest BCUT2D eigenvalue weighted by molar-refractivity contribution is -0.156. The van der Waals surface area contributed by atoms with E-state index in [1.165, 1.54) is 10.6 Å². The Morgan fingerprint density at radius 3 is 2.45 bits per heavy atom. The lowest BCUT2D eigenvalue weighted by atomic mass is 9.98. The highest BCUT2D eigenvalue weighted by Crippen LogP contribution is 2.29. The summed E-state index contributed by atoms with van der Waals surface area (Å²) in [6.45, 7) is 15.4. The molecule has 1 aliphatic heterocycles. The Morgan fingerprint density at radius 2 is 1.83 bits per heavy atom. The fourth-order valence-corrected chi connectivity index (χ4v) is 5.50. The molecule has 1 aliphatic rings. The molecule has 1 aromatic carbocycles. The number of fused-ring (bicyclic) bond motifs is 1. The number of sulfonamides is 1. The van der Waals surface area contributed by atoms with Crippen LogP contribution in [0.25, 0.3) is 11.0 Å². The van der Waals surface area contributed by atoms with Crippen molar-refractivity contribution in [2.45, 2.75) is 46.9 Å². The largest absolute Gasteiger partial charge is 0.443 e. The molecule has 14 heteroatoms. The number of allylic oxidation sites excluding steroid dienone is 3. The maximum atomic E-state index is 12.5. The number of rotatable bonds is 13. The fraction of sp³-hybridized carbons (Fsp3) is 0.333. The number of amides is 1. The van der Waals surface area contributed by atoms with Crippen molar-refractivity contribution in [1.29, 1.82) is 0 Å². The molecule has 3 N–H and O–H groups in total. The first-order valence-electron chi connectivity index (χ1n) is 14.9. The molecule has 1 amide bonds. The van der Waals surface area contributed by atoms with Crippen molar-refractivity contribution in [3.8, 4) is 5.88 Å². The zero-order valence-electron chi connectivity index (χ0n) is 27.2. The molecule has 13 nitrogen and oxygen atoms in total. The molecule has 1 fully saturated rings. The van der Waals surface area contributed by atoms with Gasteiger partial charge >= 0.3 is 5.97 Å². The van der Waals surface area contributed by atoms with Gasteiger partial charge in [0.05, 0.1) is 17.1 Å². The van der Waals surface area contributed by atoms with Crippen LogP contribution in [0.4, 0.5) is 17.3 Å². The van der Waals surface area contributed by atoms with E-state index in [0.717, 1.165) is 11.8 Å². The zero-order valence-corrected chi connectivity index (χ0v) is 28.1. The number of anilines is 3. The summed E-state index contributed by atoms with van der Waals surface area (Å²) in [5.74, 6) is -0.169. The van der Waals surface area contributed by atoms with E-state index in [1.807, 2.05) is 31.2 Å². The van der Waals surface area contributed by atoms with Crippen molar-refractivity contribution in [3.05, 3.63) is 85.4 Å². The van der Waals surface area contributed by atoms with Crippen LogP contribution in [0.1, 0.15) is 34.1 Å². The van der Waals surface area contributed by atoms with Crippen molar-refractivity contribution in [1.82, 2.24) is 24.2 Å². The number of esters is 1. The van der Waals surface area contributed by atoms with Crippen LogP contribution in [-0.4, -0.2) is 64.5 Å². The smallest absolute Gasteiger partial charge is 0.312 e. The summed E-state index contributed by atoms with van der Waals surface area (Å²) < 4.78 is 38.5. The Kier molecular flexibility index (Phi) is 10.9. The molecule has 0 bridgehead atoms. The summed E-state index contributed by atoms with van der Waals surface area (Å²) in [7, 11) is -3.22. The molecule has 47 heavy (non-hydrogen) atoms. The molecule has 0 aliphatic carbocycles. The van der Waals surface area contributed by atoms with Gasteiger partial charge in [0.1, 0.15) is 5.76 Å². The molecule has 3 aromatic rings. The van der Waals surface area contributed by atoms with Gasteiger partial charge in [-0.25, -0.2) is 12.7 Å². The monoisotopic (exact) mass is 663 g/mol. The van der Waals surface area contributed by atoms with Crippen LogP contribution in [0.15, 0.2) is 85.4 Å². The molecule has 3 heterocycles. The van der Waals surface area contributed by atoms with Crippen molar-refractivity contribution in [3.63, 3.8) is 0 Å². The Hall–Kier alpha value is -4.95. The second kappa shape index (κ2) is 14.6. The third-order valence-corrected chi connectivity index (χ3v) is 8.28. The van der Waals surface area contributed by atoms with Gasteiger partial charge in [0.2, 0.25) is 27.8 Å². The van der Waals surface area contributed by atoms with Crippen molar-refractivity contribution in [2.75, 3.05) is 30.0 Å². The summed E-state index contributed by atoms with van der Waals surface area (Å²) in [5.41, 5.74) is 1.73. The summed E-state index contributed by atoms with van der Waals surface area (Å²) >= 11 is 0. The summed E-state index contributed by atoms with van der Waals surface area (Å²) in [6, 6.07) is 9.20. The highest BCUT2D eigenvalue weighted by atomic mass is 32.2. The molecule has 0 radical (unpaired) electrons. The Bertz CT molecular complexity index is 1820. The van der Waals surface area contributed by atoms with Gasteiger partial charge in [-0.05, 0) is 76.6 Å². The van der Waals surface area contributed by atoms with E-state index in [4.69, 9.17) is 9.47 Å². The number of benzene rings is 1. The van der Waals surface area contributed by atoms with Gasteiger partial charge in [0.15, 0.2) is 12.4 Å². The highest BCUT2D eigenvalue weighted by Gasteiger charge is 2.28. The Balaban J connectivity index is 1.59. The molecular formula is C33H41N7O6S. The van der Waals surface area contributed by atoms with E-state index in [2.05, 4.69) is 39.1 Å². The van der Waals surface area contributed by atoms with E-state index < -0.39 is 15.4 Å². The van der Waals surface area contributed by atoms with E-state index in [0.29, 0.717) is 41.9 Å². The number of aromatic nitrogens is 3. The minimum atomic E-state index is -3.22. The number of ether oxygens (including phenoxy) is 2. The Morgan fingerprint density at radius 1 is 1.13 bits per heavy atom. The van der Waals surface area contributed by atoms with Gasteiger partial charge in [0.25, 0.3) is 0 Å². The zero-order chi connectivity index (χ0) is 34.4. The van der Waals surface area contributed by atoms with Crippen LogP contribution in [0.3, 0.4) is 0 Å². The second-order valence-corrected chi connectivity index (χ2v) is 14.0. The number of carbonyl (C=O) groups excluding carboxylic acids is 2. The fourth-order valence-electron chi connectivity index (χ4n) is 4.61. The normalized spacial score (nSPS) is 15.9. The molecule has 0 saturated carbocycles. The molecule has 1 saturated heterocycles. The van der Waals surface area contributed by atoms with Crippen LogP contribution in [0.5, 0.6) is 5.88 Å². The van der Waals surface area contributed by atoms with Gasteiger partial charge in [-0.2, -0.15) is 9.97 Å². The van der Waals surface area contributed by atoms with Gasteiger partial charge in [-0.15, -0.1) is 0 Å². The lowest BCUT2D eigenvalue weighted by Gasteiger charge is -2.17. The van der Waals surface area contributed by atoms with Gasteiger partial charge in [-0.1, -0.05) is 19.2 Å². The van der Waals surface area contributed by atoms with Crippen LogP contribution >= 0.6 is 0 Å². The van der Waals surface area contributed by atoms with Crippen molar-refractivity contribution < 1.29 is 27.5 Å². The molecule has 2 aromatic heterocycles. The van der Waals surface area contributed by atoms with Crippen molar-refractivity contribution >= 4 is 50.3 Å². The van der Waals surface area contributed by atoms with E-state index >= 15 is 0 Å². The van der Waals surface area contributed by atoms with E-state index in [-0.39, 0.29) is 42.2 Å². The van der Waals surface area contributed by atoms with Crippen LogP contribution in [0.2, 0.25) is 0 Å². The minimum absolute atomic E-state index is 0.00900. The van der Waals surface area contributed by atoms with Gasteiger partial charge in [0, 0.05) is 48.5 Å². The third-order valence-electron chi connectivity index (χ3n) is 7.01. The Labute approximate surface area is 275 Å². The predicted molar refractivity (Wildman–Crippen MR) is 182 cm³/mol. The highest BCUT2D eigenvalue weighted by molar-refractivity contribution is 7.88. The maximum absolute atomic E-state index is 12.5. The molecule has 250 valence electrons. The lowest BCUT2D eigenvalue weighted by Crippen LogP contribution is -2.30. The number of carbonyl (C=O) groups is 2. The standard InChI is InChI=1S/C33H41N7O6S/c1-8-10-25(35-28(41)9-2)19-22(3)46-30-27-16-17-39(21-45-31(42)33(4,5)6)29(27)37-32(38-30)36-24-13-11-23(12-14-24)34-26-15-18-40(20-26)47(7,43)44/h8-14,16-17,19,26,34H,2-3,15,18,20-21H2,1,4-7H3,(H,35,41)(H,36,37,38)/b10-8-,25-19+/t26-/m0/s1. The third kappa shape index (κ3) is 9.53. The molecule has 0 unspecified atom stereocenters. The topological polar surface area (TPSA) is 157 Å². The minimum Gasteiger partial charge on any atom is -0.443 e. The average molecular weight is 664 g/mol. The first-order valence-corrected chi connectivity index (χ1v) is 16.8. The predicted octanol–water partition coefficient (Wildman–Crippen LogP) is 4.82. The van der Waals surface area contributed by atoms with Gasteiger partial charge < -0.3 is 25.4 Å². The van der Waals surface area contributed by atoms with Crippen molar-refractivity contribution in [2.24, 2.45) is 5.41 Å². The molecule has 1 atom stereocenters. The van der Waals surface area contributed by atoms with Crippen LogP contribution in [0, 0.1) is 5.41 Å². The molecular weight excluding hydrogens is 622 g/mol.